The number of para-hydroxylation sites is 1. The molecule has 1 aliphatic carbocycles. The standard InChI is InChI=1S/C13H12N2O/c16-9-11-8-13(10-6-7-10)15(14-11)12-4-2-1-3-5-12/h1-5,8-10H,6-7H2. The van der Waals surface area contributed by atoms with E-state index in [0.29, 0.717) is 11.6 Å². The summed E-state index contributed by atoms with van der Waals surface area (Å²) in [6.45, 7) is 0. The summed E-state index contributed by atoms with van der Waals surface area (Å²) < 4.78 is 1.89. The van der Waals surface area contributed by atoms with Crippen molar-refractivity contribution in [2.75, 3.05) is 0 Å². The molecule has 2 aromatic rings. The summed E-state index contributed by atoms with van der Waals surface area (Å²) in [6, 6.07) is 11.9. The van der Waals surface area contributed by atoms with Crippen LogP contribution in [0.2, 0.25) is 0 Å². The van der Waals surface area contributed by atoms with Gasteiger partial charge in [-0.1, -0.05) is 18.2 Å². The fraction of sp³-hybridized carbons (Fsp3) is 0.231. The van der Waals surface area contributed by atoms with E-state index in [0.717, 1.165) is 17.7 Å². The van der Waals surface area contributed by atoms with E-state index in [9.17, 15) is 4.79 Å². The normalized spacial score (nSPS) is 15.0. The predicted octanol–water partition coefficient (Wildman–Crippen LogP) is 2.56. The molecule has 1 heterocycles. The van der Waals surface area contributed by atoms with Gasteiger partial charge in [-0.2, -0.15) is 5.10 Å². The zero-order valence-corrected chi connectivity index (χ0v) is 8.84. The van der Waals surface area contributed by atoms with Crippen LogP contribution in [0, 0.1) is 0 Å². The molecular formula is C13H12N2O. The number of aldehydes is 1. The first kappa shape index (κ1) is 9.33. The second-order valence-corrected chi connectivity index (χ2v) is 4.13. The molecule has 0 spiro atoms. The molecule has 0 radical (unpaired) electrons. The average Bonchev–Trinajstić information content (AvgIpc) is 3.10. The lowest BCUT2D eigenvalue weighted by Gasteiger charge is -2.05. The van der Waals surface area contributed by atoms with Crippen LogP contribution in [0.15, 0.2) is 36.4 Å². The summed E-state index contributed by atoms with van der Waals surface area (Å²) in [5.74, 6) is 0.585. The van der Waals surface area contributed by atoms with Gasteiger partial charge in [-0.05, 0) is 31.0 Å². The van der Waals surface area contributed by atoms with Crippen molar-refractivity contribution < 1.29 is 4.79 Å². The molecule has 0 saturated heterocycles. The Kier molecular flexibility index (Phi) is 2.10. The molecule has 0 N–H and O–H groups in total. The molecule has 1 aromatic carbocycles. The van der Waals surface area contributed by atoms with Gasteiger partial charge in [0.1, 0.15) is 5.69 Å². The number of carbonyl (C=O) groups excluding carboxylic acids is 1. The Morgan fingerprint density at radius 3 is 2.62 bits per heavy atom. The average molecular weight is 212 g/mol. The minimum atomic E-state index is 0.519. The first-order chi connectivity index (χ1) is 7.88. The van der Waals surface area contributed by atoms with Gasteiger partial charge in [-0.15, -0.1) is 0 Å². The van der Waals surface area contributed by atoms with Crippen molar-refractivity contribution >= 4 is 6.29 Å². The van der Waals surface area contributed by atoms with Crippen LogP contribution in [0.5, 0.6) is 0 Å². The molecular weight excluding hydrogens is 200 g/mol. The van der Waals surface area contributed by atoms with Crippen molar-refractivity contribution in [2.24, 2.45) is 0 Å². The smallest absolute Gasteiger partial charge is 0.170 e. The van der Waals surface area contributed by atoms with E-state index < -0.39 is 0 Å². The van der Waals surface area contributed by atoms with Gasteiger partial charge in [0.15, 0.2) is 6.29 Å². The maximum absolute atomic E-state index is 10.8. The van der Waals surface area contributed by atoms with Crippen molar-refractivity contribution in [3.05, 3.63) is 47.8 Å². The van der Waals surface area contributed by atoms with Crippen LogP contribution in [-0.2, 0) is 0 Å². The summed E-state index contributed by atoms with van der Waals surface area (Å²) in [4.78, 5) is 10.8. The summed E-state index contributed by atoms with van der Waals surface area (Å²) in [5.41, 5.74) is 2.71. The molecule has 1 aromatic heterocycles. The summed E-state index contributed by atoms with van der Waals surface area (Å²) in [5, 5.41) is 4.31. The van der Waals surface area contributed by atoms with Gasteiger partial charge < -0.3 is 0 Å². The van der Waals surface area contributed by atoms with Gasteiger partial charge >= 0.3 is 0 Å². The third kappa shape index (κ3) is 1.54. The van der Waals surface area contributed by atoms with Crippen molar-refractivity contribution in [3.8, 4) is 5.69 Å². The third-order valence-electron chi connectivity index (χ3n) is 2.87. The number of nitrogens with zero attached hydrogens (tertiary/aromatic N) is 2. The maximum atomic E-state index is 10.8. The van der Waals surface area contributed by atoms with Gasteiger partial charge in [0.25, 0.3) is 0 Å². The van der Waals surface area contributed by atoms with E-state index in [4.69, 9.17) is 0 Å². The number of hydrogen-bond acceptors (Lipinski definition) is 2. The number of hydrogen-bond donors (Lipinski definition) is 0. The number of carbonyl (C=O) groups is 1. The highest BCUT2D eigenvalue weighted by Gasteiger charge is 2.28. The Hall–Kier alpha value is -1.90. The molecule has 1 fully saturated rings. The molecule has 0 bridgehead atoms. The van der Waals surface area contributed by atoms with Crippen LogP contribution < -0.4 is 0 Å². The highest BCUT2D eigenvalue weighted by atomic mass is 16.1. The van der Waals surface area contributed by atoms with Crippen LogP contribution in [0.25, 0.3) is 5.69 Å². The zero-order valence-electron chi connectivity index (χ0n) is 8.84. The summed E-state index contributed by atoms with van der Waals surface area (Å²) in [6.07, 6.45) is 3.22. The molecule has 0 aliphatic heterocycles. The van der Waals surface area contributed by atoms with E-state index in [2.05, 4.69) is 5.10 Å². The highest BCUT2D eigenvalue weighted by molar-refractivity contribution is 5.72. The van der Waals surface area contributed by atoms with Crippen molar-refractivity contribution in [3.63, 3.8) is 0 Å². The third-order valence-corrected chi connectivity index (χ3v) is 2.87. The maximum Gasteiger partial charge on any atom is 0.170 e. The lowest BCUT2D eigenvalue weighted by atomic mass is 10.2. The molecule has 3 nitrogen and oxygen atoms in total. The van der Waals surface area contributed by atoms with E-state index in [1.54, 1.807) is 0 Å². The lowest BCUT2D eigenvalue weighted by Crippen LogP contribution is -2.00. The van der Waals surface area contributed by atoms with Crippen molar-refractivity contribution in [1.82, 2.24) is 9.78 Å². The molecule has 0 unspecified atom stereocenters. The van der Waals surface area contributed by atoms with Crippen LogP contribution in [0.4, 0.5) is 0 Å². The topological polar surface area (TPSA) is 34.9 Å². The van der Waals surface area contributed by atoms with Crippen molar-refractivity contribution in [2.45, 2.75) is 18.8 Å². The molecule has 1 aliphatic rings. The molecule has 1 saturated carbocycles. The van der Waals surface area contributed by atoms with Gasteiger partial charge in [0.05, 0.1) is 5.69 Å². The fourth-order valence-electron chi connectivity index (χ4n) is 1.92. The molecule has 0 amide bonds. The van der Waals surface area contributed by atoms with E-state index in [1.807, 2.05) is 41.1 Å². The van der Waals surface area contributed by atoms with Gasteiger partial charge in [0.2, 0.25) is 0 Å². The van der Waals surface area contributed by atoms with Gasteiger partial charge in [0, 0.05) is 11.6 Å². The Bertz CT molecular complexity index is 512. The largest absolute Gasteiger partial charge is 0.296 e. The predicted molar refractivity (Wildman–Crippen MR) is 60.9 cm³/mol. The van der Waals surface area contributed by atoms with Crippen LogP contribution in [0.3, 0.4) is 0 Å². The number of aromatic nitrogens is 2. The quantitative estimate of drug-likeness (QED) is 0.733. The van der Waals surface area contributed by atoms with Gasteiger partial charge in [-0.3, -0.25) is 4.79 Å². The van der Waals surface area contributed by atoms with Crippen LogP contribution in [0.1, 0.15) is 34.9 Å². The second kappa shape index (κ2) is 3.59. The Morgan fingerprint density at radius 1 is 1.25 bits per heavy atom. The SMILES string of the molecule is O=Cc1cc(C2CC2)n(-c2ccccc2)n1. The van der Waals surface area contributed by atoms with Crippen molar-refractivity contribution in [1.29, 1.82) is 0 Å². The Balaban J connectivity index is 2.11. The van der Waals surface area contributed by atoms with E-state index in [1.165, 1.54) is 12.8 Å². The minimum absolute atomic E-state index is 0.519. The lowest BCUT2D eigenvalue weighted by molar-refractivity contribution is 0.111. The first-order valence-electron chi connectivity index (χ1n) is 5.49. The number of benzene rings is 1. The summed E-state index contributed by atoms with van der Waals surface area (Å²) in [7, 11) is 0. The minimum Gasteiger partial charge on any atom is -0.296 e. The molecule has 0 atom stereocenters. The Labute approximate surface area is 93.7 Å². The zero-order chi connectivity index (χ0) is 11.0. The first-order valence-corrected chi connectivity index (χ1v) is 5.49. The second-order valence-electron chi connectivity index (χ2n) is 4.13. The van der Waals surface area contributed by atoms with Gasteiger partial charge in [-0.25, -0.2) is 4.68 Å². The highest BCUT2D eigenvalue weighted by Crippen LogP contribution is 2.40. The fourth-order valence-corrected chi connectivity index (χ4v) is 1.92. The van der Waals surface area contributed by atoms with Crippen LogP contribution >= 0.6 is 0 Å². The van der Waals surface area contributed by atoms with E-state index in [-0.39, 0.29) is 0 Å². The van der Waals surface area contributed by atoms with E-state index >= 15 is 0 Å². The summed E-state index contributed by atoms with van der Waals surface area (Å²) >= 11 is 0. The Morgan fingerprint density at radius 2 is 2.00 bits per heavy atom. The number of rotatable bonds is 3. The van der Waals surface area contributed by atoms with Crippen LogP contribution in [-0.4, -0.2) is 16.1 Å². The monoisotopic (exact) mass is 212 g/mol. The molecule has 16 heavy (non-hydrogen) atoms. The molecule has 3 rings (SSSR count). The molecule has 3 heteroatoms. The molecule has 80 valence electrons.